The lowest BCUT2D eigenvalue weighted by atomic mass is 10.1. The van der Waals surface area contributed by atoms with Gasteiger partial charge < -0.3 is 10.6 Å². The summed E-state index contributed by atoms with van der Waals surface area (Å²) in [4.78, 5) is 16.7. The third kappa shape index (κ3) is 4.34. The largest absolute Gasteiger partial charge is 0.382 e. The number of hydrogen-bond acceptors (Lipinski definition) is 3. The molecule has 1 aliphatic carbocycles. The van der Waals surface area contributed by atoms with Crippen molar-refractivity contribution in [2.45, 2.75) is 51.5 Å². The smallest absolute Gasteiger partial charge is 0.274 e. The number of pyridine rings is 1. The molecule has 126 valence electrons. The van der Waals surface area contributed by atoms with Crippen molar-refractivity contribution in [3.63, 3.8) is 0 Å². The van der Waals surface area contributed by atoms with Crippen LogP contribution in [0, 0.1) is 6.92 Å². The van der Waals surface area contributed by atoms with E-state index in [1.54, 1.807) is 6.20 Å². The Labute approximate surface area is 143 Å². The van der Waals surface area contributed by atoms with Gasteiger partial charge in [-0.3, -0.25) is 9.78 Å². The zero-order valence-electron chi connectivity index (χ0n) is 14.2. The lowest BCUT2D eigenvalue weighted by Gasteiger charge is -2.18. The molecule has 3 rings (SSSR count). The Morgan fingerprint density at radius 3 is 2.58 bits per heavy atom. The van der Waals surface area contributed by atoms with Gasteiger partial charge >= 0.3 is 0 Å². The van der Waals surface area contributed by atoms with Crippen LogP contribution in [0.15, 0.2) is 42.6 Å². The van der Waals surface area contributed by atoms with Crippen molar-refractivity contribution in [2.24, 2.45) is 0 Å². The van der Waals surface area contributed by atoms with E-state index in [-0.39, 0.29) is 5.91 Å². The van der Waals surface area contributed by atoms with E-state index in [2.05, 4.69) is 15.6 Å². The Morgan fingerprint density at radius 2 is 1.83 bits per heavy atom. The van der Waals surface area contributed by atoms with Gasteiger partial charge in [-0.2, -0.15) is 0 Å². The summed E-state index contributed by atoms with van der Waals surface area (Å²) in [5, 5.41) is 6.51. The Bertz CT molecular complexity index is 691. The van der Waals surface area contributed by atoms with Gasteiger partial charge in [0.05, 0.1) is 0 Å². The first kappa shape index (κ1) is 16.5. The Morgan fingerprint density at radius 1 is 1.08 bits per heavy atom. The highest BCUT2D eigenvalue weighted by Crippen LogP contribution is 2.21. The summed E-state index contributed by atoms with van der Waals surface area (Å²) in [5.74, 6) is -0.172. The third-order valence-electron chi connectivity index (χ3n) is 4.61. The molecule has 1 aromatic heterocycles. The van der Waals surface area contributed by atoms with E-state index in [0.717, 1.165) is 16.9 Å². The van der Waals surface area contributed by atoms with Gasteiger partial charge in [0.15, 0.2) is 0 Å². The minimum absolute atomic E-state index is 0.172. The van der Waals surface area contributed by atoms with Crippen LogP contribution in [0.1, 0.15) is 54.6 Å². The number of nitrogens with zero attached hydrogens (tertiary/aromatic N) is 1. The van der Waals surface area contributed by atoms with Crippen LogP contribution in [0.5, 0.6) is 0 Å². The van der Waals surface area contributed by atoms with Gasteiger partial charge in [-0.15, -0.1) is 0 Å². The maximum atomic E-state index is 12.5. The molecule has 0 radical (unpaired) electrons. The number of nitrogens with one attached hydrogen (secondary N) is 2. The van der Waals surface area contributed by atoms with E-state index in [1.807, 2.05) is 43.3 Å². The topological polar surface area (TPSA) is 54.0 Å². The molecule has 1 aromatic carbocycles. The number of carbonyl (C=O) groups is 1. The molecular formula is C20H25N3O. The fourth-order valence-corrected chi connectivity index (χ4v) is 3.20. The number of carbonyl (C=O) groups excluding carboxylic acids is 1. The summed E-state index contributed by atoms with van der Waals surface area (Å²) < 4.78 is 0. The van der Waals surface area contributed by atoms with Crippen molar-refractivity contribution >= 4 is 17.3 Å². The second-order valence-electron chi connectivity index (χ2n) is 6.53. The maximum absolute atomic E-state index is 12.5. The number of benzene rings is 1. The average Bonchev–Trinajstić information content (AvgIpc) is 2.86. The zero-order valence-corrected chi connectivity index (χ0v) is 14.2. The number of rotatable bonds is 4. The molecule has 2 aromatic rings. The summed E-state index contributed by atoms with van der Waals surface area (Å²) in [7, 11) is 0. The normalized spacial score (nSPS) is 15.5. The van der Waals surface area contributed by atoms with Gasteiger partial charge in [-0.05, 0) is 43.5 Å². The number of aryl methyl sites for hydroxylation is 1. The van der Waals surface area contributed by atoms with Crippen molar-refractivity contribution in [1.29, 1.82) is 0 Å². The first-order valence-corrected chi connectivity index (χ1v) is 8.82. The SMILES string of the molecule is Cc1ccccc1NC(=O)c1cc(NC2CCCCCC2)ccn1. The van der Waals surface area contributed by atoms with Crippen LogP contribution < -0.4 is 10.6 Å². The van der Waals surface area contributed by atoms with E-state index in [9.17, 15) is 4.79 Å². The predicted molar refractivity (Wildman–Crippen MR) is 98.5 cm³/mol. The molecule has 4 nitrogen and oxygen atoms in total. The monoisotopic (exact) mass is 323 g/mol. The van der Waals surface area contributed by atoms with Crippen molar-refractivity contribution < 1.29 is 4.79 Å². The lowest BCUT2D eigenvalue weighted by Crippen LogP contribution is -2.19. The molecule has 1 heterocycles. The van der Waals surface area contributed by atoms with E-state index >= 15 is 0 Å². The number of anilines is 2. The summed E-state index contributed by atoms with van der Waals surface area (Å²) in [6.07, 6.45) is 9.33. The molecule has 2 N–H and O–H groups in total. The fraction of sp³-hybridized carbons (Fsp3) is 0.400. The lowest BCUT2D eigenvalue weighted by molar-refractivity contribution is 0.102. The van der Waals surface area contributed by atoms with Crippen molar-refractivity contribution in [1.82, 2.24) is 4.98 Å². The number of aromatic nitrogens is 1. The summed E-state index contributed by atoms with van der Waals surface area (Å²) in [5.41, 5.74) is 3.29. The molecule has 0 spiro atoms. The predicted octanol–water partition coefficient (Wildman–Crippen LogP) is 4.78. The summed E-state index contributed by atoms with van der Waals surface area (Å²) in [6, 6.07) is 12.0. The molecule has 1 fully saturated rings. The fourth-order valence-electron chi connectivity index (χ4n) is 3.20. The minimum Gasteiger partial charge on any atom is -0.382 e. The van der Waals surface area contributed by atoms with E-state index in [0.29, 0.717) is 11.7 Å². The molecule has 0 aliphatic heterocycles. The minimum atomic E-state index is -0.172. The second kappa shape index (κ2) is 7.95. The zero-order chi connectivity index (χ0) is 16.8. The van der Waals surface area contributed by atoms with Crippen molar-refractivity contribution in [3.05, 3.63) is 53.9 Å². The molecule has 24 heavy (non-hydrogen) atoms. The molecule has 0 atom stereocenters. The van der Waals surface area contributed by atoms with E-state index < -0.39 is 0 Å². The number of hydrogen-bond donors (Lipinski definition) is 2. The number of amides is 1. The molecule has 0 unspecified atom stereocenters. The van der Waals surface area contributed by atoms with Crippen LogP contribution in [-0.4, -0.2) is 16.9 Å². The van der Waals surface area contributed by atoms with Gasteiger partial charge in [0.1, 0.15) is 5.69 Å². The molecule has 4 heteroatoms. The Hall–Kier alpha value is -2.36. The van der Waals surface area contributed by atoms with Gasteiger partial charge in [0.25, 0.3) is 5.91 Å². The van der Waals surface area contributed by atoms with Crippen LogP contribution in [0.25, 0.3) is 0 Å². The molecule has 0 bridgehead atoms. The highest BCUT2D eigenvalue weighted by Gasteiger charge is 2.14. The van der Waals surface area contributed by atoms with Crippen LogP contribution in [-0.2, 0) is 0 Å². The summed E-state index contributed by atoms with van der Waals surface area (Å²) >= 11 is 0. The average molecular weight is 323 g/mol. The third-order valence-corrected chi connectivity index (χ3v) is 4.61. The molecule has 0 saturated heterocycles. The van der Waals surface area contributed by atoms with Crippen LogP contribution in [0.3, 0.4) is 0 Å². The van der Waals surface area contributed by atoms with Crippen LogP contribution in [0.4, 0.5) is 11.4 Å². The summed E-state index contributed by atoms with van der Waals surface area (Å²) in [6.45, 7) is 1.98. The maximum Gasteiger partial charge on any atom is 0.274 e. The van der Waals surface area contributed by atoms with Gasteiger partial charge in [-0.25, -0.2) is 0 Å². The molecule has 1 saturated carbocycles. The standard InChI is InChI=1S/C20H25N3O/c1-15-8-6-7-11-18(15)23-20(24)19-14-17(12-13-21-19)22-16-9-4-2-3-5-10-16/h6-8,11-14,16H,2-5,9-10H2,1H3,(H,21,22)(H,23,24). The quantitative estimate of drug-likeness (QED) is 0.796. The molecule has 1 amide bonds. The van der Waals surface area contributed by atoms with Crippen LogP contribution in [0.2, 0.25) is 0 Å². The van der Waals surface area contributed by atoms with E-state index in [1.165, 1.54) is 38.5 Å². The molecule has 1 aliphatic rings. The Balaban J connectivity index is 1.68. The van der Waals surface area contributed by atoms with Gasteiger partial charge in [-0.1, -0.05) is 43.9 Å². The highest BCUT2D eigenvalue weighted by molar-refractivity contribution is 6.03. The number of para-hydroxylation sites is 1. The highest BCUT2D eigenvalue weighted by atomic mass is 16.1. The molecular weight excluding hydrogens is 298 g/mol. The first-order chi connectivity index (χ1) is 11.7. The van der Waals surface area contributed by atoms with Crippen molar-refractivity contribution in [3.8, 4) is 0 Å². The van der Waals surface area contributed by atoms with Gasteiger partial charge in [0, 0.05) is 23.6 Å². The van der Waals surface area contributed by atoms with Crippen LogP contribution >= 0.6 is 0 Å². The Kier molecular flexibility index (Phi) is 5.47. The van der Waals surface area contributed by atoms with E-state index in [4.69, 9.17) is 0 Å². The van der Waals surface area contributed by atoms with Crippen molar-refractivity contribution in [2.75, 3.05) is 10.6 Å². The first-order valence-electron chi connectivity index (χ1n) is 8.82. The van der Waals surface area contributed by atoms with Gasteiger partial charge in [0.2, 0.25) is 0 Å². The second-order valence-corrected chi connectivity index (χ2v) is 6.53.